The van der Waals surface area contributed by atoms with E-state index in [2.05, 4.69) is 4.98 Å². The Hall–Kier alpha value is -2.68. The van der Waals surface area contributed by atoms with Gasteiger partial charge >= 0.3 is 0 Å². The minimum absolute atomic E-state index is 0.0268. The van der Waals surface area contributed by atoms with Gasteiger partial charge in [-0.1, -0.05) is 42.5 Å². The van der Waals surface area contributed by atoms with Crippen LogP contribution in [-0.4, -0.2) is 10.8 Å². The lowest BCUT2D eigenvalue weighted by Crippen LogP contribution is -1.92. The molecule has 0 atom stereocenters. The van der Waals surface area contributed by atoms with Crippen LogP contribution in [0.4, 0.5) is 0 Å². The van der Waals surface area contributed by atoms with E-state index in [9.17, 15) is 4.79 Å². The van der Waals surface area contributed by atoms with Gasteiger partial charge in [-0.2, -0.15) is 0 Å². The van der Waals surface area contributed by atoms with Gasteiger partial charge in [-0.3, -0.25) is 4.79 Å². The molecule has 0 saturated heterocycles. The highest BCUT2D eigenvalue weighted by molar-refractivity contribution is 6.07. The monoisotopic (exact) mass is 249 g/mol. The van der Waals surface area contributed by atoms with Crippen molar-refractivity contribution in [3.63, 3.8) is 0 Å². The Kier molecular flexibility index (Phi) is 2.94. The lowest BCUT2D eigenvalue weighted by molar-refractivity contribution is 0.104. The Labute approximate surface area is 110 Å². The molecule has 3 rings (SSSR count). The lowest BCUT2D eigenvalue weighted by atomic mass is 10.1. The molecule has 1 heterocycles. The summed E-state index contributed by atoms with van der Waals surface area (Å²) < 4.78 is 5.22. The molecule has 0 radical (unpaired) electrons. The zero-order chi connectivity index (χ0) is 13.1. The standard InChI is InChI=1S/C16H11NO2/c18-14(12-5-2-1-3-6-12)10-9-13-7-4-8-15-16(13)17-11-19-15/h1-11H. The van der Waals surface area contributed by atoms with Crippen molar-refractivity contribution in [2.45, 2.75) is 0 Å². The molecule has 0 fully saturated rings. The van der Waals surface area contributed by atoms with Gasteiger partial charge in [0.2, 0.25) is 0 Å². The third kappa shape index (κ3) is 2.31. The van der Waals surface area contributed by atoms with Gasteiger partial charge in [0.25, 0.3) is 0 Å². The second-order valence-corrected chi connectivity index (χ2v) is 4.11. The van der Waals surface area contributed by atoms with Crippen molar-refractivity contribution in [2.24, 2.45) is 0 Å². The lowest BCUT2D eigenvalue weighted by Gasteiger charge is -1.95. The van der Waals surface area contributed by atoms with Crippen LogP contribution in [0.2, 0.25) is 0 Å². The molecule has 0 N–H and O–H groups in total. The maximum absolute atomic E-state index is 12.0. The van der Waals surface area contributed by atoms with Gasteiger partial charge in [0.05, 0.1) is 0 Å². The second-order valence-electron chi connectivity index (χ2n) is 4.11. The van der Waals surface area contributed by atoms with E-state index in [1.54, 1.807) is 24.3 Å². The number of rotatable bonds is 3. The number of allylic oxidation sites excluding steroid dienone is 1. The minimum atomic E-state index is -0.0268. The minimum Gasteiger partial charge on any atom is -0.443 e. The molecule has 1 aromatic heterocycles. The van der Waals surface area contributed by atoms with Gasteiger partial charge in [0.1, 0.15) is 5.52 Å². The molecule has 0 unspecified atom stereocenters. The second kappa shape index (κ2) is 4.90. The van der Waals surface area contributed by atoms with Crippen LogP contribution in [-0.2, 0) is 0 Å². The number of hydrogen-bond acceptors (Lipinski definition) is 3. The number of fused-ring (bicyclic) bond motifs is 1. The molecule has 0 aliphatic rings. The van der Waals surface area contributed by atoms with Gasteiger partial charge in [0, 0.05) is 11.1 Å². The van der Waals surface area contributed by atoms with Gasteiger partial charge in [0.15, 0.2) is 17.8 Å². The number of carbonyl (C=O) groups is 1. The molecule has 3 aromatic rings. The number of benzene rings is 2. The smallest absolute Gasteiger partial charge is 0.185 e. The number of carbonyl (C=O) groups excluding carboxylic acids is 1. The van der Waals surface area contributed by atoms with E-state index >= 15 is 0 Å². The Morgan fingerprint density at radius 2 is 1.89 bits per heavy atom. The molecular formula is C16H11NO2. The number of ketones is 1. The van der Waals surface area contributed by atoms with E-state index in [1.807, 2.05) is 36.4 Å². The Morgan fingerprint density at radius 3 is 2.74 bits per heavy atom. The first-order valence-electron chi connectivity index (χ1n) is 5.94. The maximum Gasteiger partial charge on any atom is 0.185 e. The van der Waals surface area contributed by atoms with Gasteiger partial charge in [-0.25, -0.2) is 4.98 Å². The summed E-state index contributed by atoms with van der Waals surface area (Å²) in [7, 11) is 0. The van der Waals surface area contributed by atoms with E-state index in [1.165, 1.54) is 6.39 Å². The normalized spacial score (nSPS) is 11.2. The number of aromatic nitrogens is 1. The highest BCUT2D eigenvalue weighted by Crippen LogP contribution is 2.18. The van der Waals surface area contributed by atoms with E-state index in [-0.39, 0.29) is 5.78 Å². The van der Waals surface area contributed by atoms with Crippen LogP contribution >= 0.6 is 0 Å². The van der Waals surface area contributed by atoms with Crippen LogP contribution in [0, 0.1) is 0 Å². The topological polar surface area (TPSA) is 43.1 Å². The number of para-hydroxylation sites is 1. The summed E-state index contributed by atoms with van der Waals surface area (Å²) in [5, 5.41) is 0. The predicted molar refractivity (Wildman–Crippen MR) is 73.8 cm³/mol. The third-order valence-electron chi connectivity index (χ3n) is 2.86. The molecule has 0 spiro atoms. The van der Waals surface area contributed by atoms with Crippen LogP contribution in [0.25, 0.3) is 17.2 Å². The molecule has 2 aromatic carbocycles. The SMILES string of the molecule is O=C(C=Cc1cccc2ocnc12)c1ccccc1. The highest BCUT2D eigenvalue weighted by Gasteiger charge is 2.03. The van der Waals surface area contributed by atoms with Crippen LogP contribution < -0.4 is 0 Å². The Morgan fingerprint density at radius 1 is 1.05 bits per heavy atom. The van der Waals surface area contributed by atoms with E-state index in [0.717, 1.165) is 11.1 Å². The molecule has 0 aliphatic carbocycles. The summed E-state index contributed by atoms with van der Waals surface area (Å²) >= 11 is 0. The average molecular weight is 249 g/mol. The van der Waals surface area contributed by atoms with Crippen molar-refractivity contribution in [2.75, 3.05) is 0 Å². The van der Waals surface area contributed by atoms with Crippen molar-refractivity contribution in [1.82, 2.24) is 4.98 Å². The molecule has 0 bridgehead atoms. The van der Waals surface area contributed by atoms with Crippen molar-refractivity contribution in [3.8, 4) is 0 Å². The van der Waals surface area contributed by atoms with Crippen molar-refractivity contribution in [1.29, 1.82) is 0 Å². The fourth-order valence-corrected chi connectivity index (χ4v) is 1.91. The van der Waals surface area contributed by atoms with E-state index in [4.69, 9.17) is 4.42 Å². The maximum atomic E-state index is 12.0. The van der Waals surface area contributed by atoms with Crippen LogP contribution in [0.1, 0.15) is 15.9 Å². The summed E-state index contributed by atoms with van der Waals surface area (Å²) in [5.41, 5.74) is 3.02. The van der Waals surface area contributed by atoms with Crippen LogP contribution in [0.15, 0.2) is 65.4 Å². The Bertz CT molecular complexity index is 742. The molecule has 0 aliphatic heterocycles. The van der Waals surface area contributed by atoms with Crippen molar-refractivity contribution < 1.29 is 9.21 Å². The van der Waals surface area contributed by atoms with Gasteiger partial charge in [-0.05, 0) is 18.2 Å². The molecule has 3 heteroatoms. The summed E-state index contributed by atoms with van der Waals surface area (Å²) in [5.74, 6) is -0.0268. The largest absolute Gasteiger partial charge is 0.443 e. The van der Waals surface area contributed by atoms with E-state index in [0.29, 0.717) is 11.1 Å². The number of nitrogens with zero attached hydrogens (tertiary/aromatic N) is 1. The van der Waals surface area contributed by atoms with Crippen LogP contribution in [0.5, 0.6) is 0 Å². The quantitative estimate of drug-likeness (QED) is 0.524. The summed E-state index contributed by atoms with van der Waals surface area (Å²) in [6.45, 7) is 0. The summed E-state index contributed by atoms with van der Waals surface area (Å²) in [4.78, 5) is 16.1. The summed E-state index contributed by atoms with van der Waals surface area (Å²) in [6.07, 6.45) is 4.72. The van der Waals surface area contributed by atoms with Crippen LogP contribution in [0.3, 0.4) is 0 Å². The summed E-state index contributed by atoms with van der Waals surface area (Å²) in [6, 6.07) is 14.8. The molecule has 0 amide bonds. The number of oxazole rings is 1. The molecular weight excluding hydrogens is 238 g/mol. The van der Waals surface area contributed by atoms with Crippen molar-refractivity contribution >= 4 is 23.0 Å². The number of hydrogen-bond donors (Lipinski definition) is 0. The Balaban J connectivity index is 1.91. The first-order chi connectivity index (χ1) is 9.34. The molecule has 92 valence electrons. The van der Waals surface area contributed by atoms with Gasteiger partial charge < -0.3 is 4.42 Å². The highest BCUT2D eigenvalue weighted by atomic mass is 16.3. The zero-order valence-corrected chi connectivity index (χ0v) is 10.1. The molecule has 3 nitrogen and oxygen atoms in total. The average Bonchev–Trinajstić information content (AvgIpc) is 2.94. The van der Waals surface area contributed by atoms with Crippen molar-refractivity contribution in [3.05, 3.63) is 72.1 Å². The molecule has 0 saturated carbocycles. The predicted octanol–water partition coefficient (Wildman–Crippen LogP) is 3.72. The first-order valence-corrected chi connectivity index (χ1v) is 5.94. The zero-order valence-electron chi connectivity index (χ0n) is 10.1. The third-order valence-corrected chi connectivity index (χ3v) is 2.86. The van der Waals surface area contributed by atoms with E-state index < -0.39 is 0 Å². The van der Waals surface area contributed by atoms with Gasteiger partial charge in [-0.15, -0.1) is 0 Å². The molecule has 19 heavy (non-hydrogen) atoms. The first kappa shape index (κ1) is 11.4. The fraction of sp³-hybridized carbons (Fsp3) is 0. The fourth-order valence-electron chi connectivity index (χ4n) is 1.91.